The van der Waals surface area contributed by atoms with Gasteiger partial charge < -0.3 is 38.8 Å². The Morgan fingerprint density at radius 3 is 1.67 bits per heavy atom. The third kappa shape index (κ3) is 14.2. The van der Waals surface area contributed by atoms with Crippen LogP contribution in [0.5, 0.6) is 17.2 Å². The summed E-state index contributed by atoms with van der Waals surface area (Å²) in [6.45, 7) is 11.8. The van der Waals surface area contributed by atoms with Gasteiger partial charge in [-0.2, -0.15) is 9.10 Å². The molecule has 2 fully saturated rings. The number of nitrogens with one attached hydrogen (secondary N) is 2. The van der Waals surface area contributed by atoms with Gasteiger partial charge in [-0.3, -0.25) is 0 Å². The fraction of sp³-hybridized carbons (Fsp3) is 0.471. The van der Waals surface area contributed by atoms with Crippen molar-refractivity contribution >= 4 is 37.9 Å². The van der Waals surface area contributed by atoms with E-state index >= 15 is 16.8 Å². The van der Waals surface area contributed by atoms with E-state index in [4.69, 9.17) is 28.8 Å². The summed E-state index contributed by atoms with van der Waals surface area (Å²) >= 11 is 0. The highest BCUT2D eigenvalue weighted by Crippen LogP contribution is 2.40. The molecule has 0 aliphatic carbocycles. The fourth-order valence-corrected chi connectivity index (χ4v) is 12.1. The van der Waals surface area contributed by atoms with Crippen LogP contribution >= 0.6 is 0 Å². The third-order valence-electron chi connectivity index (χ3n) is 12.2. The number of sulfonamides is 2. The Bertz CT molecular complexity index is 2870. The summed E-state index contributed by atoms with van der Waals surface area (Å²) in [6.07, 6.45) is 0.468. The number of likely N-dealkylation sites (tertiary alicyclic amines) is 2. The van der Waals surface area contributed by atoms with Crippen molar-refractivity contribution in [3.63, 3.8) is 0 Å². The minimum absolute atomic E-state index is 0.0161. The number of rotatable bonds is 18. The average Bonchev–Trinajstić information content (AvgIpc) is 4.02. The Morgan fingerprint density at radius 1 is 0.671 bits per heavy atom. The number of carbonyl (C=O) groups excluding carboxylic acids is 2. The molecule has 0 saturated carbocycles. The molecule has 2 amide bonds. The minimum Gasteiger partial charge on any atom is -0.497 e. The molecule has 20 nitrogen and oxygen atoms in total. The molecule has 0 radical (unpaired) electrons. The SMILES string of the molecule is COc1ccc(CN(Cc2ccc(OC)cc2)S(=O)(=O)c2c(S(=O)(=O)NC3CCN(C(=O)OC(C)(C)C)C3)ccc(NCC3CCN(C(=O)OC(C)(C)C)CC3)c2-c2nnn(Cc3ccc(OC)cc3)n2)cc1. The number of benzene rings is 4. The second-order valence-corrected chi connectivity index (χ2v) is 23.7. The molecular formula is C51H67N9O11S2. The maximum Gasteiger partial charge on any atom is 0.410 e. The number of ether oxygens (including phenoxy) is 5. The van der Waals surface area contributed by atoms with Crippen LogP contribution in [0.2, 0.25) is 0 Å². The summed E-state index contributed by atoms with van der Waals surface area (Å²) in [5, 5.41) is 17.0. The maximum atomic E-state index is 16.1. The van der Waals surface area contributed by atoms with Gasteiger partial charge in [0.1, 0.15) is 38.2 Å². The van der Waals surface area contributed by atoms with Gasteiger partial charge in [-0.15, -0.1) is 10.2 Å². The van der Waals surface area contributed by atoms with E-state index in [0.717, 1.165) is 5.56 Å². The number of amides is 2. The second kappa shape index (κ2) is 22.7. The summed E-state index contributed by atoms with van der Waals surface area (Å²) in [5.74, 6) is 1.63. The van der Waals surface area contributed by atoms with Crippen molar-refractivity contribution in [2.24, 2.45) is 5.92 Å². The van der Waals surface area contributed by atoms with E-state index in [1.54, 1.807) is 93.4 Å². The highest BCUT2D eigenvalue weighted by molar-refractivity contribution is 7.92. The number of piperidine rings is 1. The summed E-state index contributed by atoms with van der Waals surface area (Å²) in [6, 6.07) is 23.1. The largest absolute Gasteiger partial charge is 0.497 e. The van der Waals surface area contributed by atoms with Gasteiger partial charge in [0.15, 0.2) is 0 Å². The Balaban J connectivity index is 1.36. The Hall–Kier alpha value is -6.49. The molecule has 0 spiro atoms. The summed E-state index contributed by atoms with van der Waals surface area (Å²) in [4.78, 5) is 29.3. The van der Waals surface area contributed by atoms with Crippen molar-refractivity contribution in [1.29, 1.82) is 0 Å². The highest BCUT2D eigenvalue weighted by Gasteiger charge is 2.40. The van der Waals surface area contributed by atoms with Gasteiger partial charge in [0, 0.05) is 57.5 Å². The molecule has 3 heterocycles. The molecule has 0 bridgehead atoms. The molecule has 2 saturated heterocycles. The first-order chi connectivity index (χ1) is 34.5. The highest BCUT2D eigenvalue weighted by atomic mass is 32.2. The van der Waals surface area contributed by atoms with Gasteiger partial charge in [0.05, 0.1) is 33.4 Å². The van der Waals surface area contributed by atoms with Gasteiger partial charge in [0.25, 0.3) is 0 Å². The van der Waals surface area contributed by atoms with Crippen LogP contribution in [0, 0.1) is 5.92 Å². The fourth-order valence-electron chi connectivity index (χ4n) is 8.46. The quantitative estimate of drug-likeness (QED) is 0.0889. The summed E-state index contributed by atoms with van der Waals surface area (Å²) in [5.41, 5.74) is 0.649. The monoisotopic (exact) mass is 1050 g/mol. The van der Waals surface area contributed by atoms with Crippen LogP contribution in [-0.4, -0.2) is 135 Å². The molecule has 2 aliphatic heterocycles. The normalized spacial score (nSPS) is 15.8. The second-order valence-electron chi connectivity index (χ2n) is 20.1. The van der Waals surface area contributed by atoms with E-state index in [-0.39, 0.29) is 62.1 Å². The van der Waals surface area contributed by atoms with E-state index in [2.05, 4.69) is 20.4 Å². The summed E-state index contributed by atoms with van der Waals surface area (Å²) in [7, 11) is -5.03. The molecule has 5 aromatic rings. The zero-order valence-electron chi connectivity index (χ0n) is 43.0. The summed E-state index contributed by atoms with van der Waals surface area (Å²) < 4.78 is 93.8. The maximum absolute atomic E-state index is 16.1. The Kier molecular flexibility index (Phi) is 16.9. The number of aromatic nitrogens is 4. The zero-order valence-corrected chi connectivity index (χ0v) is 44.6. The number of hydrogen-bond donors (Lipinski definition) is 2. The standard InChI is InChI=1S/C51H67N9O11S2/c1-50(2,3)70-48(61)57-27-24-35(25-28-57)30-52-43-22-23-44(72(63,64)55-39-26-29-58(34-39)49(62)71-51(4,5)6)46(45(43)47-53-56-60(54-47)33-38-14-20-42(69-9)21-15-38)73(65,66)59(31-36-10-16-40(67-7)17-11-36)32-37-12-18-41(68-8)19-13-37/h10-23,35,39,52,55H,24-34H2,1-9H3. The van der Waals surface area contributed by atoms with Crippen LogP contribution < -0.4 is 24.2 Å². The predicted octanol–water partition coefficient (Wildman–Crippen LogP) is 7.15. The minimum atomic E-state index is -4.92. The lowest BCUT2D eigenvalue weighted by Gasteiger charge is -2.33. The van der Waals surface area contributed by atoms with Crippen LogP contribution in [0.25, 0.3) is 11.4 Å². The smallest absolute Gasteiger partial charge is 0.410 e. The van der Waals surface area contributed by atoms with Gasteiger partial charge in [0.2, 0.25) is 25.9 Å². The van der Waals surface area contributed by atoms with E-state index in [1.807, 2.05) is 32.9 Å². The lowest BCUT2D eigenvalue weighted by Crippen LogP contribution is -2.42. The van der Waals surface area contributed by atoms with Crippen LogP contribution in [0.15, 0.2) is 94.7 Å². The van der Waals surface area contributed by atoms with Crippen molar-refractivity contribution in [1.82, 2.24) is 39.0 Å². The molecule has 7 rings (SSSR count). The van der Waals surface area contributed by atoms with Crippen molar-refractivity contribution < 1.29 is 50.1 Å². The Labute approximate surface area is 428 Å². The van der Waals surface area contributed by atoms with Crippen LogP contribution in [0.4, 0.5) is 15.3 Å². The van der Waals surface area contributed by atoms with Crippen molar-refractivity contribution in [3.8, 4) is 28.6 Å². The van der Waals surface area contributed by atoms with Gasteiger partial charge in [-0.1, -0.05) is 36.4 Å². The topological polar surface area (TPSA) is 226 Å². The molecule has 2 aliphatic rings. The Morgan fingerprint density at radius 2 is 1.16 bits per heavy atom. The molecule has 1 unspecified atom stereocenters. The van der Waals surface area contributed by atoms with Gasteiger partial charge in [-0.25, -0.2) is 31.1 Å². The van der Waals surface area contributed by atoms with E-state index in [9.17, 15) is 9.59 Å². The molecule has 4 aromatic carbocycles. The number of hydrogen-bond acceptors (Lipinski definition) is 15. The molecule has 1 atom stereocenters. The first kappa shape index (κ1) is 54.3. The molecule has 394 valence electrons. The number of methoxy groups -OCH3 is 3. The van der Waals surface area contributed by atoms with E-state index < -0.39 is 59.3 Å². The number of nitrogens with zero attached hydrogens (tertiary/aromatic N) is 7. The first-order valence-corrected chi connectivity index (χ1v) is 27.0. The lowest BCUT2D eigenvalue weighted by molar-refractivity contribution is 0.0187. The van der Waals surface area contributed by atoms with Crippen LogP contribution in [0.1, 0.15) is 77.5 Å². The van der Waals surface area contributed by atoms with E-state index in [0.29, 0.717) is 60.9 Å². The lowest BCUT2D eigenvalue weighted by atomic mass is 9.96. The van der Waals surface area contributed by atoms with Crippen molar-refractivity contribution in [2.45, 2.75) is 107 Å². The van der Waals surface area contributed by atoms with Crippen LogP contribution in [-0.2, 0) is 49.2 Å². The molecule has 22 heteroatoms. The molecule has 1 aromatic heterocycles. The number of anilines is 1. The van der Waals surface area contributed by atoms with Crippen LogP contribution in [0.3, 0.4) is 0 Å². The number of carbonyl (C=O) groups is 2. The van der Waals surface area contributed by atoms with Crippen molar-refractivity contribution in [3.05, 3.63) is 102 Å². The van der Waals surface area contributed by atoms with Crippen molar-refractivity contribution in [2.75, 3.05) is 59.4 Å². The average molecular weight is 1050 g/mol. The first-order valence-electron chi connectivity index (χ1n) is 24.1. The molecular weight excluding hydrogens is 979 g/mol. The van der Waals surface area contributed by atoms with Gasteiger partial charge in [-0.05, 0) is 137 Å². The van der Waals surface area contributed by atoms with E-state index in [1.165, 1.54) is 40.4 Å². The number of tetrazole rings is 1. The predicted molar refractivity (Wildman–Crippen MR) is 273 cm³/mol. The molecule has 2 N–H and O–H groups in total. The third-order valence-corrected chi connectivity index (χ3v) is 15.8. The molecule has 73 heavy (non-hydrogen) atoms. The zero-order chi connectivity index (χ0) is 52.7. The van der Waals surface area contributed by atoms with Gasteiger partial charge >= 0.3 is 12.2 Å².